The molecule has 0 aliphatic carbocycles. The van der Waals surface area contributed by atoms with Crippen molar-refractivity contribution in [2.24, 2.45) is 0 Å². The van der Waals surface area contributed by atoms with Crippen LogP contribution in [0.2, 0.25) is 0 Å². The molecule has 0 spiro atoms. The lowest BCUT2D eigenvalue weighted by atomic mass is 9.98. The molecule has 3 rings (SSSR count). The van der Waals surface area contributed by atoms with Gasteiger partial charge in [0.1, 0.15) is 5.54 Å². The van der Waals surface area contributed by atoms with Crippen LogP contribution in [0.4, 0.5) is 0 Å². The van der Waals surface area contributed by atoms with Gasteiger partial charge in [0.2, 0.25) is 0 Å². The molecule has 6 nitrogen and oxygen atoms in total. The summed E-state index contributed by atoms with van der Waals surface area (Å²) in [5.41, 5.74) is 2.01. The van der Waals surface area contributed by atoms with Crippen molar-refractivity contribution in [2.75, 3.05) is 6.54 Å². The Morgan fingerprint density at radius 2 is 2.04 bits per heavy atom. The molecule has 24 heavy (non-hydrogen) atoms. The fourth-order valence-corrected chi connectivity index (χ4v) is 3.30. The Hall–Kier alpha value is -2.63. The van der Waals surface area contributed by atoms with Crippen molar-refractivity contribution >= 4 is 11.9 Å². The SMILES string of the molecule is Cc1cccc(-n2ncc(C(=O)N3CCCC3(C)C(=O)O)c2C)c1. The first-order chi connectivity index (χ1) is 11.3. The van der Waals surface area contributed by atoms with Crippen molar-refractivity contribution in [2.45, 2.75) is 39.2 Å². The Morgan fingerprint density at radius 1 is 1.29 bits per heavy atom. The van der Waals surface area contributed by atoms with E-state index in [0.29, 0.717) is 30.6 Å². The number of aliphatic carboxylic acids is 1. The Bertz CT molecular complexity index is 812. The molecule has 1 amide bonds. The summed E-state index contributed by atoms with van der Waals surface area (Å²) in [5.74, 6) is -1.23. The Balaban J connectivity index is 1.97. The number of carbonyl (C=O) groups is 2. The van der Waals surface area contributed by atoms with E-state index in [2.05, 4.69) is 5.10 Å². The maximum Gasteiger partial charge on any atom is 0.329 e. The minimum Gasteiger partial charge on any atom is -0.480 e. The molecule has 1 aromatic carbocycles. The zero-order valence-corrected chi connectivity index (χ0v) is 14.1. The fraction of sp³-hybridized carbons (Fsp3) is 0.389. The average Bonchev–Trinajstić information content (AvgIpc) is 3.11. The second kappa shape index (κ2) is 5.78. The van der Waals surface area contributed by atoms with Crippen LogP contribution in [0, 0.1) is 13.8 Å². The van der Waals surface area contributed by atoms with Crippen LogP contribution >= 0.6 is 0 Å². The summed E-state index contributed by atoms with van der Waals surface area (Å²) < 4.78 is 1.72. The van der Waals surface area contributed by atoms with E-state index in [1.807, 2.05) is 38.1 Å². The average molecular weight is 327 g/mol. The lowest BCUT2D eigenvalue weighted by molar-refractivity contribution is -0.147. The molecule has 1 atom stereocenters. The molecule has 1 N–H and O–H groups in total. The normalized spacial score (nSPS) is 20.4. The van der Waals surface area contributed by atoms with Gasteiger partial charge in [-0.05, 0) is 51.3 Å². The van der Waals surface area contributed by atoms with E-state index in [-0.39, 0.29) is 5.91 Å². The highest BCUT2D eigenvalue weighted by Gasteiger charge is 2.46. The standard InChI is InChI=1S/C18H21N3O3/c1-12-6-4-7-14(10-12)21-13(2)15(11-19-21)16(22)20-9-5-8-18(20,3)17(23)24/h4,6-7,10-11H,5,8-9H2,1-3H3,(H,23,24). The number of aryl methyl sites for hydroxylation is 1. The summed E-state index contributed by atoms with van der Waals surface area (Å²) in [4.78, 5) is 26.0. The molecular weight excluding hydrogens is 306 g/mol. The highest BCUT2D eigenvalue weighted by atomic mass is 16.4. The van der Waals surface area contributed by atoms with Gasteiger partial charge in [0.05, 0.1) is 23.1 Å². The number of nitrogens with zero attached hydrogens (tertiary/aromatic N) is 3. The number of likely N-dealkylation sites (tertiary alicyclic amines) is 1. The predicted octanol–water partition coefficient (Wildman–Crippen LogP) is 2.57. The van der Waals surface area contributed by atoms with Gasteiger partial charge in [0.15, 0.2) is 0 Å². The van der Waals surface area contributed by atoms with Crippen LogP contribution in [-0.4, -0.2) is 43.7 Å². The van der Waals surface area contributed by atoms with Gasteiger partial charge in [-0.25, -0.2) is 9.48 Å². The van der Waals surface area contributed by atoms with Gasteiger partial charge in [0, 0.05) is 6.54 Å². The number of hydrogen-bond donors (Lipinski definition) is 1. The Morgan fingerprint density at radius 3 is 2.71 bits per heavy atom. The Labute approximate surface area is 140 Å². The molecule has 1 unspecified atom stereocenters. The van der Waals surface area contributed by atoms with Crippen LogP contribution in [-0.2, 0) is 4.79 Å². The van der Waals surface area contributed by atoms with Gasteiger partial charge in [-0.3, -0.25) is 4.79 Å². The number of carboxylic acids is 1. The summed E-state index contributed by atoms with van der Waals surface area (Å²) >= 11 is 0. The third-order valence-corrected chi connectivity index (χ3v) is 4.83. The minimum atomic E-state index is -1.14. The van der Waals surface area contributed by atoms with E-state index in [1.165, 1.54) is 11.1 Å². The van der Waals surface area contributed by atoms with Crippen molar-refractivity contribution in [1.82, 2.24) is 14.7 Å². The van der Waals surface area contributed by atoms with Crippen molar-refractivity contribution in [3.63, 3.8) is 0 Å². The number of carbonyl (C=O) groups excluding carboxylic acids is 1. The molecule has 1 fully saturated rings. The molecular formula is C18H21N3O3. The van der Waals surface area contributed by atoms with Gasteiger partial charge in [-0.2, -0.15) is 5.10 Å². The second-order valence-corrected chi connectivity index (χ2v) is 6.53. The summed E-state index contributed by atoms with van der Waals surface area (Å²) in [6.45, 7) is 5.89. The number of amides is 1. The summed E-state index contributed by atoms with van der Waals surface area (Å²) in [6.07, 6.45) is 2.69. The Kier molecular flexibility index (Phi) is 3.91. The number of hydrogen-bond acceptors (Lipinski definition) is 3. The summed E-state index contributed by atoms with van der Waals surface area (Å²) in [5, 5.41) is 13.8. The van der Waals surface area contributed by atoms with E-state index in [1.54, 1.807) is 11.6 Å². The van der Waals surface area contributed by atoms with Crippen LogP contribution in [0.25, 0.3) is 5.69 Å². The molecule has 0 bridgehead atoms. The number of aromatic nitrogens is 2. The van der Waals surface area contributed by atoms with Crippen molar-refractivity contribution in [3.05, 3.63) is 47.3 Å². The van der Waals surface area contributed by atoms with Gasteiger partial charge < -0.3 is 10.0 Å². The maximum atomic E-state index is 12.9. The lowest BCUT2D eigenvalue weighted by Crippen LogP contribution is -2.50. The first-order valence-corrected chi connectivity index (χ1v) is 8.01. The molecule has 2 heterocycles. The van der Waals surface area contributed by atoms with Gasteiger partial charge in [0.25, 0.3) is 5.91 Å². The first kappa shape index (κ1) is 16.2. The van der Waals surface area contributed by atoms with Gasteiger partial charge in [-0.15, -0.1) is 0 Å². The van der Waals surface area contributed by atoms with Crippen molar-refractivity contribution in [1.29, 1.82) is 0 Å². The first-order valence-electron chi connectivity index (χ1n) is 8.01. The number of carboxylic acid groups (broad SMARTS) is 1. The van der Waals surface area contributed by atoms with Crippen LogP contribution in [0.3, 0.4) is 0 Å². The molecule has 0 radical (unpaired) electrons. The van der Waals surface area contributed by atoms with Crippen LogP contribution in [0.1, 0.15) is 41.4 Å². The van der Waals surface area contributed by atoms with Gasteiger partial charge in [-0.1, -0.05) is 12.1 Å². The summed E-state index contributed by atoms with van der Waals surface area (Å²) in [7, 11) is 0. The highest BCUT2D eigenvalue weighted by Crippen LogP contribution is 2.31. The molecule has 1 saturated heterocycles. The number of benzene rings is 1. The summed E-state index contributed by atoms with van der Waals surface area (Å²) in [6, 6.07) is 7.86. The largest absolute Gasteiger partial charge is 0.480 e. The van der Waals surface area contributed by atoms with Gasteiger partial charge >= 0.3 is 5.97 Å². The van der Waals surface area contributed by atoms with E-state index < -0.39 is 11.5 Å². The zero-order chi connectivity index (χ0) is 17.5. The maximum absolute atomic E-state index is 12.9. The molecule has 2 aromatic rings. The predicted molar refractivity (Wildman–Crippen MR) is 89.3 cm³/mol. The zero-order valence-electron chi connectivity index (χ0n) is 14.1. The smallest absolute Gasteiger partial charge is 0.329 e. The molecule has 1 aromatic heterocycles. The quantitative estimate of drug-likeness (QED) is 0.940. The fourth-order valence-electron chi connectivity index (χ4n) is 3.30. The van der Waals surface area contributed by atoms with E-state index in [0.717, 1.165) is 11.3 Å². The minimum absolute atomic E-state index is 0.270. The topological polar surface area (TPSA) is 75.4 Å². The second-order valence-electron chi connectivity index (χ2n) is 6.53. The van der Waals surface area contributed by atoms with Crippen LogP contribution in [0.5, 0.6) is 0 Å². The van der Waals surface area contributed by atoms with E-state index >= 15 is 0 Å². The molecule has 6 heteroatoms. The van der Waals surface area contributed by atoms with E-state index in [4.69, 9.17) is 0 Å². The highest BCUT2D eigenvalue weighted by molar-refractivity contribution is 5.99. The molecule has 1 aliphatic rings. The van der Waals surface area contributed by atoms with E-state index in [9.17, 15) is 14.7 Å². The molecule has 1 aliphatic heterocycles. The van der Waals surface area contributed by atoms with Crippen LogP contribution < -0.4 is 0 Å². The van der Waals surface area contributed by atoms with Crippen LogP contribution in [0.15, 0.2) is 30.5 Å². The molecule has 126 valence electrons. The molecule has 0 saturated carbocycles. The monoisotopic (exact) mass is 327 g/mol. The third-order valence-electron chi connectivity index (χ3n) is 4.83. The lowest BCUT2D eigenvalue weighted by Gasteiger charge is -2.31. The van der Waals surface area contributed by atoms with Crippen molar-refractivity contribution < 1.29 is 14.7 Å². The number of rotatable bonds is 3. The van der Waals surface area contributed by atoms with Crippen molar-refractivity contribution in [3.8, 4) is 5.69 Å². The third kappa shape index (κ3) is 2.48.